The van der Waals surface area contributed by atoms with Gasteiger partial charge in [0.05, 0.1) is 0 Å². The highest BCUT2D eigenvalue weighted by Crippen LogP contribution is 2.40. The van der Waals surface area contributed by atoms with E-state index in [1.165, 1.54) is 5.56 Å². The Balaban J connectivity index is 0.000000214. The molecule has 2 amide bonds. The van der Waals surface area contributed by atoms with E-state index < -0.39 is 0 Å². The smallest absolute Gasteiger partial charge is 0.267 e. The molecule has 0 unspecified atom stereocenters. The van der Waals surface area contributed by atoms with E-state index in [4.69, 9.17) is 5.73 Å². The number of hydrogen-bond acceptors (Lipinski definition) is 9. The molecule has 0 aliphatic carbocycles. The lowest BCUT2D eigenvalue weighted by Gasteiger charge is -2.23. The molecular formula is C43H49N7O2S4. The van der Waals surface area contributed by atoms with Gasteiger partial charge in [0.15, 0.2) is 0 Å². The molecule has 0 fully saturated rings. The van der Waals surface area contributed by atoms with E-state index in [-0.39, 0.29) is 21.3 Å². The van der Waals surface area contributed by atoms with Crippen LogP contribution in [0.2, 0.25) is 0 Å². The van der Waals surface area contributed by atoms with Crippen LogP contribution in [0.15, 0.2) is 132 Å². The first-order chi connectivity index (χ1) is 26.7. The molecule has 0 radical (unpaired) electrons. The van der Waals surface area contributed by atoms with E-state index in [0.717, 1.165) is 38.0 Å². The van der Waals surface area contributed by atoms with Crippen LogP contribution >= 0.6 is 43.2 Å². The average Bonchev–Trinajstić information content (AvgIpc) is 3.78. The van der Waals surface area contributed by atoms with E-state index in [2.05, 4.69) is 79.5 Å². The fourth-order valence-corrected chi connectivity index (χ4v) is 9.42. The second-order valence-corrected chi connectivity index (χ2v) is 20.2. The lowest BCUT2D eigenvalue weighted by atomic mass is 10.1. The minimum absolute atomic E-state index is 0.0580. The summed E-state index contributed by atoms with van der Waals surface area (Å²) in [6.07, 6.45) is 7.53. The molecule has 6 rings (SSSR count). The first-order valence-electron chi connectivity index (χ1n) is 18.0. The largest absolute Gasteiger partial charge is 0.399 e. The zero-order chi connectivity index (χ0) is 40.3. The Morgan fingerprint density at radius 1 is 0.625 bits per heavy atom. The summed E-state index contributed by atoms with van der Waals surface area (Å²) in [6, 6.07) is 31.6. The van der Waals surface area contributed by atoms with Gasteiger partial charge in [0.1, 0.15) is 21.4 Å². The van der Waals surface area contributed by atoms with Crippen molar-refractivity contribution in [2.24, 2.45) is 14.1 Å². The molecule has 0 bridgehead atoms. The number of nitrogens with one attached hydrogen (secondary N) is 2. The van der Waals surface area contributed by atoms with Gasteiger partial charge in [-0.15, -0.1) is 0 Å². The Morgan fingerprint density at radius 3 is 1.43 bits per heavy atom. The van der Waals surface area contributed by atoms with Crippen LogP contribution in [0.25, 0.3) is 22.3 Å². The van der Waals surface area contributed by atoms with E-state index in [1.54, 1.807) is 55.6 Å². The maximum Gasteiger partial charge on any atom is 0.267 e. The summed E-state index contributed by atoms with van der Waals surface area (Å²) < 4.78 is 3.47. The fourth-order valence-electron chi connectivity index (χ4n) is 5.25. The Morgan fingerprint density at radius 2 is 1.04 bits per heavy atom. The molecule has 0 aliphatic heterocycles. The highest BCUT2D eigenvalue weighted by atomic mass is 33.1. The van der Waals surface area contributed by atoms with Crippen molar-refractivity contribution >= 4 is 60.7 Å². The predicted molar refractivity (Wildman–Crippen MR) is 239 cm³/mol. The summed E-state index contributed by atoms with van der Waals surface area (Å²) in [5.74, 6) is -0.141. The minimum atomic E-state index is -0.136. The van der Waals surface area contributed by atoms with Crippen molar-refractivity contribution in [2.75, 3.05) is 18.8 Å². The number of rotatable bonds is 14. The number of hydrogen-bond donors (Lipinski definition) is 3. The molecule has 4 heterocycles. The van der Waals surface area contributed by atoms with Crippen LogP contribution in [0, 0.1) is 6.92 Å². The van der Waals surface area contributed by atoms with Crippen molar-refractivity contribution in [3.8, 4) is 22.3 Å². The van der Waals surface area contributed by atoms with Crippen molar-refractivity contribution in [2.45, 2.75) is 54.2 Å². The van der Waals surface area contributed by atoms with Gasteiger partial charge >= 0.3 is 0 Å². The Labute approximate surface area is 346 Å². The van der Waals surface area contributed by atoms with Gasteiger partial charge < -0.3 is 25.5 Å². The van der Waals surface area contributed by atoms with Gasteiger partial charge in [-0.2, -0.15) is 0 Å². The van der Waals surface area contributed by atoms with E-state index in [1.807, 2.05) is 108 Å². The second-order valence-electron chi connectivity index (χ2n) is 14.5. The number of nitrogen functional groups attached to an aromatic ring is 1. The number of nitrogens with two attached hydrogens (primary N) is 1. The molecular weight excluding hydrogens is 775 g/mol. The Hall–Kier alpha value is -4.56. The number of benzene rings is 2. The summed E-state index contributed by atoms with van der Waals surface area (Å²) in [7, 11) is 10.4. The number of aromatic nitrogens is 4. The van der Waals surface area contributed by atoms with Gasteiger partial charge in [-0.25, -0.2) is 9.97 Å². The highest BCUT2D eigenvalue weighted by molar-refractivity contribution is 8.77. The molecule has 0 atom stereocenters. The summed E-state index contributed by atoms with van der Waals surface area (Å²) in [6.45, 7) is 11.7. The number of pyridine rings is 2. The van der Waals surface area contributed by atoms with Gasteiger partial charge in [-0.05, 0) is 116 Å². The van der Waals surface area contributed by atoms with Gasteiger partial charge in [0.2, 0.25) is 0 Å². The molecule has 0 saturated carbocycles. The third-order valence-corrected chi connectivity index (χ3v) is 14.8. The van der Waals surface area contributed by atoms with Crippen LogP contribution in [0.5, 0.6) is 0 Å². The SMILES string of the molecule is Cc1ccc(-c2cc(C(=O)NCC(C)(C)SSc3ccccn3)n(C)c2)cc1.Cn1cc(-c2ccc(N)cc2)cc1C(=O)NCC(C)(C)SSc1ccccn1. The summed E-state index contributed by atoms with van der Waals surface area (Å²) in [5, 5.41) is 8.06. The van der Waals surface area contributed by atoms with Gasteiger partial charge in [0.25, 0.3) is 11.8 Å². The maximum atomic E-state index is 12.7. The van der Waals surface area contributed by atoms with Crippen LogP contribution in [-0.4, -0.2) is 53.5 Å². The molecule has 9 nitrogen and oxygen atoms in total. The number of carbonyl (C=O) groups is 2. The number of amides is 2. The Kier molecular flexibility index (Phi) is 14.9. The molecule has 292 valence electrons. The van der Waals surface area contributed by atoms with Crippen LogP contribution in [0.3, 0.4) is 0 Å². The lowest BCUT2D eigenvalue weighted by molar-refractivity contribution is 0.0935. The van der Waals surface area contributed by atoms with Crippen LogP contribution in [0.4, 0.5) is 5.69 Å². The summed E-state index contributed by atoms with van der Waals surface area (Å²) >= 11 is 0. The molecule has 4 aromatic heterocycles. The van der Waals surface area contributed by atoms with E-state index >= 15 is 0 Å². The lowest BCUT2D eigenvalue weighted by Crippen LogP contribution is -2.36. The van der Waals surface area contributed by atoms with Crippen molar-refractivity contribution in [1.29, 1.82) is 0 Å². The quantitative estimate of drug-likeness (QED) is 0.0729. The molecule has 2 aromatic carbocycles. The van der Waals surface area contributed by atoms with Crippen molar-refractivity contribution in [3.05, 3.63) is 139 Å². The monoisotopic (exact) mass is 823 g/mol. The summed E-state index contributed by atoms with van der Waals surface area (Å²) in [4.78, 5) is 34.1. The Bertz CT molecular complexity index is 2030. The van der Waals surface area contributed by atoms with Crippen LogP contribution < -0.4 is 16.4 Å². The summed E-state index contributed by atoms with van der Waals surface area (Å²) in [5.41, 5.74) is 13.2. The number of aryl methyl sites for hydroxylation is 3. The van der Waals surface area contributed by atoms with Crippen LogP contribution in [0.1, 0.15) is 54.2 Å². The standard InChI is InChI=1S/C22H25N3OS2.C21H24N4OS2/c1-16-8-10-17(11-9-16)18-13-19(25(4)14-18)21(26)24-15-22(2,3)28-27-20-7-5-6-12-23-20;1-21(2,28-27-19-6-4-5-11-23-19)14-24-20(26)18-12-16(13-25(18)3)15-7-9-17(22)10-8-15/h5-14H,15H2,1-4H3,(H,24,26);4-13H,14,22H2,1-3H3,(H,24,26). The van der Waals surface area contributed by atoms with Gasteiger partial charge in [-0.1, -0.05) is 75.7 Å². The molecule has 4 N–H and O–H groups in total. The van der Waals surface area contributed by atoms with Crippen molar-refractivity contribution < 1.29 is 9.59 Å². The third-order valence-electron chi connectivity index (χ3n) is 8.43. The minimum Gasteiger partial charge on any atom is -0.399 e. The normalized spacial score (nSPS) is 11.4. The number of carbonyl (C=O) groups excluding carboxylic acids is 2. The molecule has 13 heteroatoms. The van der Waals surface area contributed by atoms with Crippen molar-refractivity contribution in [3.63, 3.8) is 0 Å². The topological polar surface area (TPSA) is 120 Å². The number of anilines is 1. The van der Waals surface area contributed by atoms with E-state index in [9.17, 15) is 9.59 Å². The molecule has 56 heavy (non-hydrogen) atoms. The second kappa shape index (κ2) is 19.5. The van der Waals surface area contributed by atoms with Crippen molar-refractivity contribution in [1.82, 2.24) is 29.7 Å². The molecule has 0 saturated heterocycles. The zero-order valence-electron chi connectivity index (χ0n) is 32.8. The molecule has 0 spiro atoms. The molecule has 0 aliphatic rings. The first-order valence-corrected chi connectivity index (χ1v) is 22.3. The fraction of sp³-hybridized carbons (Fsp3) is 0.256. The highest BCUT2D eigenvalue weighted by Gasteiger charge is 2.24. The molecule has 6 aromatic rings. The average molecular weight is 824 g/mol. The number of nitrogens with zero attached hydrogens (tertiary/aromatic N) is 4. The zero-order valence-corrected chi connectivity index (χ0v) is 36.0. The maximum absolute atomic E-state index is 12.7. The third kappa shape index (κ3) is 12.7. The van der Waals surface area contributed by atoms with Gasteiger partial charge in [0, 0.05) is 78.3 Å². The van der Waals surface area contributed by atoms with Crippen LogP contribution in [-0.2, 0) is 14.1 Å². The van der Waals surface area contributed by atoms with Gasteiger partial charge in [-0.3, -0.25) is 9.59 Å². The first kappa shape index (κ1) is 42.6. The van der Waals surface area contributed by atoms with E-state index in [0.29, 0.717) is 24.5 Å². The predicted octanol–water partition coefficient (Wildman–Crippen LogP) is 9.96.